The fourth-order valence-corrected chi connectivity index (χ4v) is 3.78. The molecule has 8 heteroatoms. The molecule has 1 amide bonds. The minimum atomic E-state index is -1.11. The number of hydrogen-bond acceptors (Lipinski definition) is 4. The molecule has 6 nitrogen and oxygen atoms in total. The van der Waals surface area contributed by atoms with Gasteiger partial charge in [-0.25, -0.2) is 9.59 Å². The van der Waals surface area contributed by atoms with Gasteiger partial charge in [-0.05, 0) is 26.8 Å². The second kappa shape index (κ2) is 7.68. The van der Waals surface area contributed by atoms with E-state index in [4.69, 9.17) is 32.7 Å². The van der Waals surface area contributed by atoms with Crippen molar-refractivity contribution in [2.24, 2.45) is 0 Å². The van der Waals surface area contributed by atoms with E-state index in [2.05, 4.69) is 0 Å². The largest absolute Gasteiger partial charge is 0.486 e. The van der Waals surface area contributed by atoms with Crippen molar-refractivity contribution in [2.75, 3.05) is 6.54 Å². The van der Waals surface area contributed by atoms with Crippen LogP contribution in [-0.4, -0.2) is 46.4 Å². The number of carbonyl (C=O) groups excluding carboxylic acids is 1. The maximum absolute atomic E-state index is 12.4. The van der Waals surface area contributed by atoms with Crippen molar-refractivity contribution in [1.29, 1.82) is 0 Å². The molecule has 0 aliphatic carbocycles. The number of ether oxygens (including phenoxy) is 2. The van der Waals surface area contributed by atoms with Gasteiger partial charge in [0.25, 0.3) is 0 Å². The molecule has 0 saturated carbocycles. The molecule has 2 aromatic carbocycles. The Labute approximate surface area is 172 Å². The summed E-state index contributed by atoms with van der Waals surface area (Å²) in [6.45, 7) is 5.26. The second-order valence-corrected chi connectivity index (χ2v) is 8.49. The summed E-state index contributed by atoms with van der Waals surface area (Å²) < 4.78 is 11.4. The molecule has 1 N–H and O–H groups in total. The maximum atomic E-state index is 12.4. The zero-order valence-corrected chi connectivity index (χ0v) is 17.3. The molecule has 0 bridgehead atoms. The number of carboxylic acids is 1. The van der Waals surface area contributed by atoms with E-state index in [1.54, 1.807) is 26.8 Å². The normalized spacial score (nSPS) is 19.7. The molecular weight excluding hydrogens is 405 g/mol. The summed E-state index contributed by atoms with van der Waals surface area (Å²) in [5.74, 6) is -0.689. The van der Waals surface area contributed by atoms with Crippen molar-refractivity contribution in [3.05, 3.63) is 40.4 Å². The molecule has 0 aromatic heterocycles. The Hall–Kier alpha value is -2.18. The first-order valence-electron chi connectivity index (χ1n) is 8.82. The van der Waals surface area contributed by atoms with Crippen LogP contribution in [-0.2, 0) is 9.53 Å². The number of nitrogens with zero attached hydrogens (tertiary/aromatic N) is 1. The molecule has 1 saturated heterocycles. The quantitative estimate of drug-likeness (QED) is 0.749. The van der Waals surface area contributed by atoms with E-state index in [0.29, 0.717) is 15.8 Å². The van der Waals surface area contributed by atoms with Gasteiger partial charge < -0.3 is 14.6 Å². The van der Waals surface area contributed by atoms with Gasteiger partial charge in [0.1, 0.15) is 23.5 Å². The minimum Gasteiger partial charge on any atom is -0.486 e. The number of halogens is 2. The van der Waals surface area contributed by atoms with Gasteiger partial charge in [0.05, 0.1) is 16.6 Å². The Morgan fingerprint density at radius 1 is 1.14 bits per heavy atom. The Morgan fingerprint density at radius 3 is 2.39 bits per heavy atom. The molecule has 28 heavy (non-hydrogen) atoms. The predicted octanol–water partition coefficient (Wildman–Crippen LogP) is 4.99. The smallest absolute Gasteiger partial charge is 0.411 e. The molecule has 150 valence electrons. The van der Waals surface area contributed by atoms with E-state index in [0.717, 1.165) is 10.8 Å². The van der Waals surface area contributed by atoms with Crippen LogP contribution in [0.1, 0.15) is 27.2 Å². The lowest BCUT2D eigenvalue weighted by Crippen LogP contribution is -2.43. The van der Waals surface area contributed by atoms with Crippen molar-refractivity contribution in [2.45, 2.75) is 44.9 Å². The summed E-state index contributed by atoms with van der Waals surface area (Å²) in [5, 5.41) is 11.9. The summed E-state index contributed by atoms with van der Waals surface area (Å²) >= 11 is 12.6. The molecule has 1 aliphatic heterocycles. The molecular formula is C20H21Cl2NO5. The molecule has 1 aliphatic rings. The number of aliphatic carboxylic acids is 1. The van der Waals surface area contributed by atoms with Crippen LogP contribution in [0.4, 0.5) is 4.79 Å². The molecule has 0 radical (unpaired) electrons. The molecule has 0 unspecified atom stereocenters. The molecule has 0 spiro atoms. The summed E-state index contributed by atoms with van der Waals surface area (Å²) in [6.07, 6.45) is -1.10. The van der Waals surface area contributed by atoms with Crippen LogP contribution >= 0.6 is 23.2 Å². The first-order chi connectivity index (χ1) is 13.1. The average molecular weight is 426 g/mol. The van der Waals surface area contributed by atoms with Crippen LogP contribution in [0.5, 0.6) is 5.75 Å². The Bertz CT molecular complexity index is 925. The lowest BCUT2D eigenvalue weighted by molar-refractivity contribution is -0.142. The van der Waals surface area contributed by atoms with E-state index < -0.39 is 29.8 Å². The van der Waals surface area contributed by atoms with Gasteiger partial charge in [0.15, 0.2) is 0 Å². The van der Waals surface area contributed by atoms with Crippen LogP contribution in [0, 0.1) is 0 Å². The number of carbonyl (C=O) groups is 2. The highest BCUT2D eigenvalue weighted by Crippen LogP contribution is 2.39. The van der Waals surface area contributed by atoms with Gasteiger partial charge in [-0.1, -0.05) is 47.5 Å². The van der Waals surface area contributed by atoms with Gasteiger partial charge in [-0.15, -0.1) is 0 Å². The summed E-state index contributed by atoms with van der Waals surface area (Å²) in [7, 11) is 0. The number of amides is 1. The zero-order valence-electron chi connectivity index (χ0n) is 15.7. The number of carboxylic acid groups (broad SMARTS) is 1. The number of hydrogen-bond donors (Lipinski definition) is 1. The number of likely N-dealkylation sites (tertiary alicyclic amines) is 1. The molecule has 1 heterocycles. The number of fused-ring (bicyclic) bond motifs is 1. The Balaban J connectivity index is 1.87. The SMILES string of the molecule is CC(C)(C)OC(=O)N1C[C@H](Oc2c(Cl)cc(Cl)c3ccccc23)C[C@H]1C(=O)O. The van der Waals surface area contributed by atoms with Crippen molar-refractivity contribution >= 4 is 46.0 Å². The summed E-state index contributed by atoms with van der Waals surface area (Å²) in [5.41, 5.74) is -0.727. The average Bonchev–Trinajstić information content (AvgIpc) is 3.02. The Kier molecular flexibility index (Phi) is 5.64. The lowest BCUT2D eigenvalue weighted by atomic mass is 10.1. The third-order valence-electron chi connectivity index (χ3n) is 4.36. The fourth-order valence-electron chi connectivity index (χ4n) is 3.20. The predicted molar refractivity (Wildman–Crippen MR) is 107 cm³/mol. The van der Waals surface area contributed by atoms with E-state index in [9.17, 15) is 14.7 Å². The summed E-state index contributed by atoms with van der Waals surface area (Å²) in [6, 6.07) is 7.93. The second-order valence-electron chi connectivity index (χ2n) is 7.68. The monoisotopic (exact) mass is 425 g/mol. The molecule has 3 rings (SSSR count). The van der Waals surface area contributed by atoms with Crippen molar-refractivity contribution < 1.29 is 24.2 Å². The van der Waals surface area contributed by atoms with Crippen LogP contribution in [0.3, 0.4) is 0 Å². The highest BCUT2D eigenvalue weighted by atomic mass is 35.5. The van der Waals surface area contributed by atoms with Gasteiger partial charge in [0.2, 0.25) is 0 Å². The molecule has 2 aromatic rings. The molecule has 1 fully saturated rings. The van der Waals surface area contributed by atoms with E-state index in [1.807, 2.05) is 24.3 Å². The standard InChI is InChI=1S/C20H21Cl2NO5/c1-20(2,3)28-19(26)23-10-11(8-16(23)18(24)25)27-17-13-7-5-4-6-12(13)14(21)9-15(17)22/h4-7,9,11,16H,8,10H2,1-3H3,(H,24,25)/t11-,16+/m1/s1. The first kappa shape index (κ1) is 20.6. The van der Waals surface area contributed by atoms with Crippen LogP contribution in [0.2, 0.25) is 10.0 Å². The van der Waals surface area contributed by atoms with Gasteiger partial charge in [-0.2, -0.15) is 0 Å². The van der Waals surface area contributed by atoms with Crippen LogP contribution in [0.15, 0.2) is 30.3 Å². The third-order valence-corrected chi connectivity index (χ3v) is 4.95. The van der Waals surface area contributed by atoms with Crippen LogP contribution < -0.4 is 4.74 Å². The van der Waals surface area contributed by atoms with Crippen molar-refractivity contribution in [3.8, 4) is 5.75 Å². The highest BCUT2D eigenvalue weighted by molar-refractivity contribution is 6.39. The topological polar surface area (TPSA) is 76.1 Å². The van der Waals surface area contributed by atoms with E-state index >= 15 is 0 Å². The van der Waals surface area contributed by atoms with Crippen molar-refractivity contribution in [1.82, 2.24) is 4.90 Å². The van der Waals surface area contributed by atoms with Crippen LogP contribution in [0.25, 0.3) is 10.8 Å². The van der Waals surface area contributed by atoms with Gasteiger partial charge in [-0.3, -0.25) is 4.90 Å². The third kappa shape index (κ3) is 4.28. The van der Waals surface area contributed by atoms with Crippen molar-refractivity contribution in [3.63, 3.8) is 0 Å². The minimum absolute atomic E-state index is 0.0825. The summed E-state index contributed by atoms with van der Waals surface area (Å²) in [4.78, 5) is 25.3. The first-order valence-corrected chi connectivity index (χ1v) is 9.58. The number of benzene rings is 2. The highest BCUT2D eigenvalue weighted by Gasteiger charge is 2.43. The van der Waals surface area contributed by atoms with Gasteiger partial charge in [0, 0.05) is 17.2 Å². The fraction of sp³-hybridized carbons (Fsp3) is 0.400. The van der Waals surface area contributed by atoms with E-state index in [1.165, 1.54) is 4.90 Å². The number of rotatable bonds is 3. The molecule has 2 atom stereocenters. The maximum Gasteiger partial charge on any atom is 0.411 e. The lowest BCUT2D eigenvalue weighted by Gasteiger charge is -2.26. The van der Waals surface area contributed by atoms with E-state index in [-0.39, 0.29) is 13.0 Å². The Morgan fingerprint density at radius 2 is 1.79 bits per heavy atom. The zero-order chi connectivity index (χ0) is 20.6. The van der Waals surface area contributed by atoms with Gasteiger partial charge >= 0.3 is 12.1 Å².